The van der Waals surface area contributed by atoms with Crippen molar-refractivity contribution in [1.82, 2.24) is 0 Å². The molecule has 0 aliphatic rings. The first-order valence-corrected chi connectivity index (χ1v) is 5.51. The molecule has 0 aliphatic carbocycles. The monoisotopic (exact) mass is 228 g/mol. The zero-order valence-electron chi connectivity index (χ0n) is 8.76. The van der Waals surface area contributed by atoms with Crippen molar-refractivity contribution in [2.75, 3.05) is 0 Å². The summed E-state index contributed by atoms with van der Waals surface area (Å²) in [6, 6.07) is 17.6. The van der Waals surface area contributed by atoms with Crippen LogP contribution < -0.4 is 0 Å². The minimum atomic E-state index is 0.0678. The maximum atomic E-state index is 8.95. The third kappa shape index (κ3) is 2.35. The van der Waals surface area contributed by atoms with Crippen LogP contribution in [0.15, 0.2) is 54.6 Å². The van der Waals surface area contributed by atoms with Gasteiger partial charge in [-0.1, -0.05) is 66.8 Å². The molecule has 0 bridgehead atoms. The largest absolute Gasteiger partial charge is 0.392 e. The first-order valence-electron chi connectivity index (χ1n) is 5.11. The zero-order chi connectivity index (χ0) is 11.4. The third-order valence-corrected chi connectivity index (χ3v) is 2.91. The Hall–Kier alpha value is -1.51. The van der Waals surface area contributed by atoms with E-state index in [1.807, 2.05) is 54.6 Å². The van der Waals surface area contributed by atoms with E-state index in [4.69, 9.17) is 17.3 Å². The van der Waals surface area contributed by atoms with E-state index in [0.717, 1.165) is 21.6 Å². The Morgan fingerprint density at radius 3 is 2.00 bits per heavy atom. The number of hydrogen-bond acceptors (Lipinski definition) is 2. The second kappa shape index (κ2) is 5.01. The van der Waals surface area contributed by atoms with Gasteiger partial charge in [-0.05, 0) is 16.7 Å². The molecule has 0 radical (unpaired) electrons. The van der Waals surface area contributed by atoms with Crippen molar-refractivity contribution in [3.05, 3.63) is 71.3 Å². The maximum absolute atomic E-state index is 8.95. The molecule has 0 amide bonds. The van der Waals surface area contributed by atoms with E-state index in [2.05, 4.69) is 0 Å². The van der Waals surface area contributed by atoms with Crippen LogP contribution in [0.5, 0.6) is 0 Å². The van der Waals surface area contributed by atoms with Crippen LogP contribution in [0.25, 0.3) is 0 Å². The number of benzene rings is 2. The summed E-state index contributed by atoms with van der Waals surface area (Å²) in [5, 5.41) is 8.95. The maximum Gasteiger partial charge on any atom is 0.0681 e. The van der Waals surface area contributed by atoms with Crippen molar-refractivity contribution in [2.24, 2.45) is 0 Å². The highest BCUT2D eigenvalue weighted by molar-refractivity contribution is 7.81. The van der Waals surface area contributed by atoms with Crippen LogP contribution >= 0.6 is 12.2 Å². The highest BCUT2D eigenvalue weighted by Crippen LogP contribution is 2.12. The molecule has 0 heterocycles. The fourth-order valence-corrected chi connectivity index (χ4v) is 1.79. The topological polar surface area (TPSA) is 20.2 Å². The molecule has 0 saturated heterocycles. The molecular formula is C14H12OS. The molecule has 2 heteroatoms. The Morgan fingerprint density at radius 2 is 1.44 bits per heavy atom. The van der Waals surface area contributed by atoms with Gasteiger partial charge in [-0.25, -0.2) is 0 Å². The van der Waals surface area contributed by atoms with Gasteiger partial charge in [0.05, 0.1) is 11.5 Å². The molecule has 0 aliphatic heterocycles. The summed E-state index contributed by atoms with van der Waals surface area (Å²) in [5.41, 5.74) is 2.97. The summed E-state index contributed by atoms with van der Waals surface area (Å²) >= 11 is 5.40. The van der Waals surface area contributed by atoms with Gasteiger partial charge < -0.3 is 5.11 Å². The van der Waals surface area contributed by atoms with Gasteiger partial charge in [0.15, 0.2) is 0 Å². The van der Waals surface area contributed by atoms with Crippen LogP contribution in [-0.4, -0.2) is 9.97 Å². The molecule has 16 heavy (non-hydrogen) atoms. The van der Waals surface area contributed by atoms with Crippen molar-refractivity contribution < 1.29 is 5.11 Å². The molecule has 80 valence electrons. The number of rotatable bonds is 3. The second-order valence-corrected chi connectivity index (χ2v) is 3.96. The Bertz CT molecular complexity index is 474. The first kappa shape index (κ1) is 11.0. The molecule has 1 nitrogen and oxygen atoms in total. The van der Waals surface area contributed by atoms with Crippen LogP contribution in [0, 0.1) is 0 Å². The molecule has 0 unspecified atom stereocenters. The SMILES string of the molecule is OCc1ccc(C(=S)c2ccccc2)cc1. The van der Waals surface area contributed by atoms with Crippen molar-refractivity contribution in [1.29, 1.82) is 0 Å². The minimum absolute atomic E-state index is 0.0678. The highest BCUT2D eigenvalue weighted by Gasteiger charge is 2.03. The lowest BCUT2D eigenvalue weighted by Gasteiger charge is -2.04. The molecule has 0 spiro atoms. The predicted molar refractivity (Wildman–Crippen MR) is 69.6 cm³/mol. The van der Waals surface area contributed by atoms with Gasteiger partial charge >= 0.3 is 0 Å². The van der Waals surface area contributed by atoms with Crippen molar-refractivity contribution in [3.8, 4) is 0 Å². The van der Waals surface area contributed by atoms with Gasteiger partial charge in [0, 0.05) is 0 Å². The summed E-state index contributed by atoms with van der Waals surface area (Å²) in [6.07, 6.45) is 0. The van der Waals surface area contributed by atoms with Gasteiger partial charge in [-0.2, -0.15) is 0 Å². The molecule has 2 rings (SSSR count). The van der Waals surface area contributed by atoms with Crippen LogP contribution in [0.4, 0.5) is 0 Å². The van der Waals surface area contributed by atoms with E-state index >= 15 is 0 Å². The van der Waals surface area contributed by atoms with E-state index in [-0.39, 0.29) is 6.61 Å². The average molecular weight is 228 g/mol. The van der Waals surface area contributed by atoms with E-state index in [0.29, 0.717) is 0 Å². The highest BCUT2D eigenvalue weighted by atomic mass is 32.1. The van der Waals surface area contributed by atoms with Crippen molar-refractivity contribution in [3.63, 3.8) is 0 Å². The lowest BCUT2D eigenvalue weighted by Crippen LogP contribution is -1.99. The Morgan fingerprint density at radius 1 is 0.875 bits per heavy atom. The minimum Gasteiger partial charge on any atom is -0.392 e. The Kier molecular flexibility index (Phi) is 3.44. The van der Waals surface area contributed by atoms with Gasteiger partial charge in [-0.3, -0.25) is 0 Å². The third-order valence-electron chi connectivity index (χ3n) is 2.43. The normalized spacial score (nSPS) is 10.1. The molecule has 2 aromatic rings. The fourth-order valence-electron chi connectivity index (χ4n) is 1.52. The molecule has 2 aromatic carbocycles. The fraction of sp³-hybridized carbons (Fsp3) is 0.0714. The molecule has 0 atom stereocenters. The quantitative estimate of drug-likeness (QED) is 0.644. The summed E-state index contributed by atoms with van der Waals surface area (Å²) in [7, 11) is 0. The van der Waals surface area contributed by atoms with E-state index in [1.165, 1.54) is 0 Å². The van der Waals surface area contributed by atoms with Gasteiger partial charge in [0.25, 0.3) is 0 Å². The number of aliphatic hydroxyl groups is 1. The standard InChI is InChI=1S/C14H12OS/c15-10-11-6-8-13(9-7-11)14(16)12-4-2-1-3-5-12/h1-9,15H,10H2. The summed E-state index contributed by atoms with van der Waals surface area (Å²) < 4.78 is 0. The Labute approximate surface area is 100 Å². The summed E-state index contributed by atoms with van der Waals surface area (Å²) in [5.74, 6) is 0. The molecule has 0 aromatic heterocycles. The molecular weight excluding hydrogens is 216 g/mol. The zero-order valence-corrected chi connectivity index (χ0v) is 9.58. The van der Waals surface area contributed by atoms with Crippen molar-refractivity contribution >= 4 is 17.1 Å². The van der Waals surface area contributed by atoms with Crippen molar-refractivity contribution in [2.45, 2.75) is 6.61 Å². The molecule has 0 saturated carbocycles. The summed E-state index contributed by atoms with van der Waals surface area (Å²) in [6.45, 7) is 0.0678. The number of thiocarbonyl (C=S) groups is 1. The van der Waals surface area contributed by atoms with Crippen LogP contribution in [0.2, 0.25) is 0 Å². The van der Waals surface area contributed by atoms with Crippen LogP contribution in [0.1, 0.15) is 16.7 Å². The van der Waals surface area contributed by atoms with Gasteiger partial charge in [0.2, 0.25) is 0 Å². The first-order chi connectivity index (χ1) is 7.81. The van der Waals surface area contributed by atoms with E-state index in [1.54, 1.807) is 0 Å². The lowest BCUT2D eigenvalue weighted by atomic mass is 10.0. The van der Waals surface area contributed by atoms with Gasteiger partial charge in [0.1, 0.15) is 0 Å². The van der Waals surface area contributed by atoms with Gasteiger partial charge in [-0.15, -0.1) is 0 Å². The predicted octanol–water partition coefficient (Wildman–Crippen LogP) is 2.95. The Balaban J connectivity index is 2.28. The van der Waals surface area contributed by atoms with Crippen LogP contribution in [0.3, 0.4) is 0 Å². The number of aliphatic hydroxyl groups excluding tert-OH is 1. The molecule has 0 fully saturated rings. The smallest absolute Gasteiger partial charge is 0.0681 e. The summed E-state index contributed by atoms with van der Waals surface area (Å²) in [4.78, 5) is 0.838. The van der Waals surface area contributed by atoms with E-state index < -0.39 is 0 Å². The lowest BCUT2D eigenvalue weighted by molar-refractivity contribution is 0.282. The number of hydrogen-bond donors (Lipinski definition) is 1. The average Bonchev–Trinajstić information content (AvgIpc) is 2.39. The second-order valence-electron chi connectivity index (χ2n) is 3.55. The molecule has 1 N–H and O–H groups in total. The van der Waals surface area contributed by atoms with Crippen LogP contribution in [-0.2, 0) is 6.61 Å². The van der Waals surface area contributed by atoms with E-state index in [9.17, 15) is 0 Å².